The summed E-state index contributed by atoms with van der Waals surface area (Å²) < 4.78 is 9.71. The number of halogens is 1. The van der Waals surface area contributed by atoms with Gasteiger partial charge in [0.1, 0.15) is 6.54 Å². The van der Waals surface area contributed by atoms with Crippen LogP contribution in [0.5, 0.6) is 0 Å². The number of carbonyl (C=O) groups excluding carboxylic acids is 2. The first kappa shape index (κ1) is 16.2. The summed E-state index contributed by atoms with van der Waals surface area (Å²) in [6.07, 6.45) is 0. The van der Waals surface area contributed by atoms with Crippen LogP contribution < -0.4 is 0 Å². The van der Waals surface area contributed by atoms with Gasteiger partial charge in [-0.2, -0.15) is 0 Å². The van der Waals surface area contributed by atoms with E-state index in [-0.39, 0.29) is 24.2 Å². The van der Waals surface area contributed by atoms with Crippen LogP contribution in [0.2, 0.25) is 0 Å². The van der Waals surface area contributed by atoms with Crippen molar-refractivity contribution in [1.82, 2.24) is 4.90 Å². The molecule has 1 unspecified atom stereocenters. The van der Waals surface area contributed by atoms with Crippen LogP contribution in [-0.4, -0.2) is 56.1 Å². The molecule has 0 heterocycles. The van der Waals surface area contributed by atoms with E-state index in [4.69, 9.17) is 21.1 Å². The predicted octanol–water partition coefficient (Wildman–Crippen LogP) is 0.899. The molecule has 1 atom stereocenters. The Bertz CT molecular complexity index is 248. The van der Waals surface area contributed by atoms with Crippen LogP contribution in [0.15, 0.2) is 0 Å². The molecular formula is C11H20ClNO4. The highest BCUT2D eigenvalue weighted by Gasteiger charge is 2.22. The summed E-state index contributed by atoms with van der Waals surface area (Å²) in [6.45, 7) is 4.42. The standard InChI is InChI=1S/C11H20ClNO4/c1-4-17-10(14)8-13(5-6-16-3)11(15)9(2)7-12/h9H,4-8H2,1-3H3. The molecule has 0 aliphatic rings. The van der Waals surface area contributed by atoms with E-state index in [0.717, 1.165) is 0 Å². The Morgan fingerprint density at radius 3 is 2.53 bits per heavy atom. The van der Waals surface area contributed by atoms with E-state index in [0.29, 0.717) is 19.8 Å². The quantitative estimate of drug-likeness (QED) is 0.483. The summed E-state index contributed by atoms with van der Waals surface area (Å²) in [6, 6.07) is 0. The number of amides is 1. The largest absolute Gasteiger partial charge is 0.465 e. The topological polar surface area (TPSA) is 55.8 Å². The molecule has 0 aromatic carbocycles. The van der Waals surface area contributed by atoms with Crippen LogP contribution in [-0.2, 0) is 19.1 Å². The number of hydrogen-bond acceptors (Lipinski definition) is 4. The number of carbonyl (C=O) groups is 2. The number of nitrogens with zero attached hydrogens (tertiary/aromatic N) is 1. The second-order valence-electron chi connectivity index (χ2n) is 3.61. The van der Waals surface area contributed by atoms with Gasteiger partial charge >= 0.3 is 5.97 Å². The first-order chi connectivity index (χ1) is 8.06. The highest BCUT2D eigenvalue weighted by atomic mass is 35.5. The third-order valence-electron chi connectivity index (χ3n) is 2.16. The van der Waals surface area contributed by atoms with Crippen LogP contribution in [0.1, 0.15) is 13.8 Å². The minimum absolute atomic E-state index is 0.0583. The van der Waals surface area contributed by atoms with Crippen LogP contribution in [0, 0.1) is 5.92 Å². The van der Waals surface area contributed by atoms with Gasteiger partial charge in [-0.05, 0) is 6.92 Å². The second kappa shape index (κ2) is 9.24. The van der Waals surface area contributed by atoms with Crippen molar-refractivity contribution in [1.29, 1.82) is 0 Å². The van der Waals surface area contributed by atoms with E-state index in [1.165, 1.54) is 12.0 Å². The van der Waals surface area contributed by atoms with E-state index in [9.17, 15) is 9.59 Å². The Kier molecular flexibility index (Phi) is 8.80. The van der Waals surface area contributed by atoms with Crippen molar-refractivity contribution in [3.63, 3.8) is 0 Å². The van der Waals surface area contributed by atoms with E-state index in [1.807, 2.05) is 0 Å². The minimum atomic E-state index is -0.418. The Morgan fingerprint density at radius 2 is 2.06 bits per heavy atom. The first-order valence-corrected chi connectivity index (χ1v) is 6.09. The number of alkyl halides is 1. The molecule has 0 aromatic heterocycles. The molecule has 0 N–H and O–H groups in total. The lowest BCUT2D eigenvalue weighted by molar-refractivity contribution is -0.150. The predicted molar refractivity (Wildman–Crippen MR) is 65.0 cm³/mol. The van der Waals surface area contributed by atoms with Crippen molar-refractivity contribution in [3.8, 4) is 0 Å². The molecular weight excluding hydrogens is 246 g/mol. The molecule has 0 spiro atoms. The molecule has 5 nitrogen and oxygen atoms in total. The maximum Gasteiger partial charge on any atom is 0.325 e. The lowest BCUT2D eigenvalue weighted by Gasteiger charge is -2.23. The van der Waals surface area contributed by atoms with Crippen molar-refractivity contribution in [2.24, 2.45) is 5.92 Å². The Morgan fingerprint density at radius 1 is 1.41 bits per heavy atom. The fraction of sp³-hybridized carbons (Fsp3) is 0.818. The molecule has 0 saturated carbocycles. The average molecular weight is 266 g/mol. The van der Waals surface area contributed by atoms with Gasteiger partial charge in [0.25, 0.3) is 0 Å². The number of methoxy groups -OCH3 is 1. The lowest BCUT2D eigenvalue weighted by Crippen LogP contribution is -2.41. The third kappa shape index (κ3) is 6.48. The Balaban J connectivity index is 4.41. The van der Waals surface area contributed by atoms with Gasteiger partial charge in [-0.25, -0.2) is 0 Å². The van der Waals surface area contributed by atoms with E-state index < -0.39 is 5.97 Å². The molecule has 0 rings (SSSR count). The minimum Gasteiger partial charge on any atom is -0.465 e. The van der Waals surface area contributed by atoms with Gasteiger partial charge in [0.05, 0.1) is 13.2 Å². The van der Waals surface area contributed by atoms with Crippen LogP contribution >= 0.6 is 11.6 Å². The van der Waals surface area contributed by atoms with E-state index in [2.05, 4.69) is 0 Å². The normalized spacial score (nSPS) is 12.0. The molecule has 0 aliphatic carbocycles. The summed E-state index contributed by atoms with van der Waals surface area (Å²) in [4.78, 5) is 24.7. The maximum atomic E-state index is 11.9. The highest BCUT2D eigenvalue weighted by Crippen LogP contribution is 2.05. The zero-order valence-corrected chi connectivity index (χ0v) is 11.3. The number of esters is 1. The van der Waals surface area contributed by atoms with Crippen LogP contribution in [0.25, 0.3) is 0 Å². The smallest absolute Gasteiger partial charge is 0.325 e. The number of hydrogen-bond donors (Lipinski definition) is 0. The average Bonchev–Trinajstić information content (AvgIpc) is 2.32. The monoisotopic (exact) mass is 265 g/mol. The zero-order chi connectivity index (χ0) is 13.3. The fourth-order valence-electron chi connectivity index (χ4n) is 1.21. The van der Waals surface area contributed by atoms with Crippen LogP contribution in [0.3, 0.4) is 0 Å². The maximum absolute atomic E-state index is 11.9. The first-order valence-electron chi connectivity index (χ1n) is 5.56. The zero-order valence-electron chi connectivity index (χ0n) is 10.6. The van der Waals surface area contributed by atoms with Crippen molar-refractivity contribution in [2.75, 3.05) is 39.3 Å². The Hall–Kier alpha value is -0.810. The van der Waals surface area contributed by atoms with Gasteiger partial charge in [0.2, 0.25) is 5.91 Å². The van der Waals surface area contributed by atoms with Gasteiger partial charge in [0, 0.05) is 25.5 Å². The van der Waals surface area contributed by atoms with Gasteiger partial charge in [-0.1, -0.05) is 6.92 Å². The fourth-order valence-corrected chi connectivity index (χ4v) is 1.34. The van der Waals surface area contributed by atoms with Gasteiger partial charge < -0.3 is 14.4 Å². The van der Waals surface area contributed by atoms with Crippen LogP contribution in [0.4, 0.5) is 0 Å². The van der Waals surface area contributed by atoms with Gasteiger partial charge in [-0.15, -0.1) is 11.6 Å². The molecule has 0 bridgehead atoms. The second-order valence-corrected chi connectivity index (χ2v) is 3.92. The number of ether oxygens (including phenoxy) is 2. The molecule has 1 amide bonds. The highest BCUT2D eigenvalue weighted by molar-refractivity contribution is 6.19. The summed E-state index contributed by atoms with van der Waals surface area (Å²) in [7, 11) is 1.54. The molecule has 0 radical (unpaired) electrons. The number of rotatable bonds is 8. The van der Waals surface area contributed by atoms with Crippen molar-refractivity contribution in [2.45, 2.75) is 13.8 Å². The molecule has 0 aromatic rings. The van der Waals surface area contributed by atoms with Crippen molar-refractivity contribution >= 4 is 23.5 Å². The summed E-state index contributed by atoms with van der Waals surface area (Å²) in [5.74, 6) is -0.669. The van der Waals surface area contributed by atoms with Crippen molar-refractivity contribution in [3.05, 3.63) is 0 Å². The molecule has 6 heteroatoms. The molecule has 0 aliphatic heterocycles. The summed E-state index contributed by atoms with van der Waals surface area (Å²) in [5, 5.41) is 0. The van der Waals surface area contributed by atoms with Gasteiger partial charge in [0.15, 0.2) is 0 Å². The Labute approximate surface area is 107 Å². The summed E-state index contributed by atoms with van der Waals surface area (Å²) >= 11 is 5.63. The summed E-state index contributed by atoms with van der Waals surface area (Å²) in [5.41, 5.74) is 0. The van der Waals surface area contributed by atoms with E-state index >= 15 is 0 Å². The molecule has 0 saturated heterocycles. The van der Waals surface area contributed by atoms with Crippen molar-refractivity contribution < 1.29 is 19.1 Å². The third-order valence-corrected chi connectivity index (χ3v) is 2.62. The SMILES string of the molecule is CCOC(=O)CN(CCOC)C(=O)C(C)CCl. The lowest BCUT2D eigenvalue weighted by atomic mass is 10.2. The van der Waals surface area contributed by atoms with E-state index in [1.54, 1.807) is 13.8 Å². The molecule has 17 heavy (non-hydrogen) atoms. The molecule has 100 valence electrons. The van der Waals surface area contributed by atoms with Gasteiger partial charge in [-0.3, -0.25) is 9.59 Å². The molecule has 0 fully saturated rings.